The van der Waals surface area contributed by atoms with E-state index in [-0.39, 0.29) is 13.0 Å². The Hall–Kier alpha value is -2.16. The van der Waals surface area contributed by atoms with Gasteiger partial charge in [0.15, 0.2) is 5.82 Å². The second kappa shape index (κ2) is 8.10. The monoisotopic (exact) mass is 286 g/mol. The fraction of sp³-hybridized carbons (Fsp3) is 0.636. The molecule has 9 nitrogen and oxygen atoms in total. The van der Waals surface area contributed by atoms with E-state index < -0.39 is 18.0 Å². The van der Waals surface area contributed by atoms with Crippen molar-refractivity contribution < 1.29 is 24.0 Å². The maximum Gasteiger partial charge on any atom is 0.326 e. The number of ether oxygens (including phenoxy) is 1. The van der Waals surface area contributed by atoms with Crippen LogP contribution in [0.3, 0.4) is 0 Å². The third-order valence-corrected chi connectivity index (χ3v) is 2.42. The predicted octanol–water partition coefficient (Wildman–Crippen LogP) is 0.0570. The second-order valence-corrected chi connectivity index (χ2v) is 4.08. The molecule has 0 saturated carbocycles. The summed E-state index contributed by atoms with van der Waals surface area (Å²) < 4.78 is 9.58. The van der Waals surface area contributed by atoms with Crippen molar-refractivity contribution in [2.75, 3.05) is 13.7 Å². The molecular weight excluding hydrogens is 268 g/mol. The van der Waals surface area contributed by atoms with Gasteiger partial charge < -0.3 is 25.0 Å². The maximum atomic E-state index is 11.6. The molecule has 1 aromatic heterocycles. The van der Waals surface area contributed by atoms with Gasteiger partial charge in [-0.1, -0.05) is 5.16 Å². The molecule has 20 heavy (non-hydrogen) atoms. The number of nitrogens with one attached hydrogen (secondary N) is 2. The first-order valence-corrected chi connectivity index (χ1v) is 6.08. The van der Waals surface area contributed by atoms with E-state index in [9.17, 15) is 9.59 Å². The highest BCUT2D eigenvalue weighted by Crippen LogP contribution is 1.99. The van der Waals surface area contributed by atoms with Crippen LogP contribution in [-0.2, 0) is 16.1 Å². The van der Waals surface area contributed by atoms with E-state index >= 15 is 0 Å². The molecule has 0 aliphatic carbocycles. The first-order valence-electron chi connectivity index (χ1n) is 6.08. The summed E-state index contributed by atoms with van der Waals surface area (Å²) in [4.78, 5) is 26.5. The second-order valence-electron chi connectivity index (χ2n) is 4.08. The number of aryl methyl sites for hydroxylation is 1. The van der Waals surface area contributed by atoms with Gasteiger partial charge >= 0.3 is 12.0 Å². The van der Waals surface area contributed by atoms with E-state index in [0.29, 0.717) is 24.7 Å². The van der Waals surface area contributed by atoms with Crippen molar-refractivity contribution in [2.24, 2.45) is 0 Å². The molecule has 1 unspecified atom stereocenters. The first-order chi connectivity index (χ1) is 9.52. The summed E-state index contributed by atoms with van der Waals surface area (Å²) in [5.41, 5.74) is 0. The molecule has 0 aromatic carbocycles. The topological polar surface area (TPSA) is 127 Å². The fourth-order valence-corrected chi connectivity index (χ4v) is 1.47. The summed E-state index contributed by atoms with van der Waals surface area (Å²) >= 11 is 0. The highest BCUT2D eigenvalue weighted by Gasteiger charge is 2.19. The van der Waals surface area contributed by atoms with Crippen LogP contribution >= 0.6 is 0 Å². The molecule has 0 saturated heterocycles. The Balaban J connectivity index is 2.35. The minimum absolute atomic E-state index is 0.0631. The van der Waals surface area contributed by atoms with E-state index in [4.69, 9.17) is 14.4 Å². The average molecular weight is 286 g/mol. The van der Waals surface area contributed by atoms with Crippen molar-refractivity contribution in [1.82, 2.24) is 20.8 Å². The van der Waals surface area contributed by atoms with Crippen LogP contribution in [0.1, 0.15) is 24.6 Å². The van der Waals surface area contributed by atoms with Gasteiger partial charge in [0.2, 0.25) is 5.89 Å². The maximum absolute atomic E-state index is 11.6. The Kier molecular flexibility index (Phi) is 6.44. The number of hydrogen-bond donors (Lipinski definition) is 3. The van der Waals surface area contributed by atoms with Crippen molar-refractivity contribution in [1.29, 1.82) is 0 Å². The minimum atomic E-state index is -1.09. The van der Waals surface area contributed by atoms with Crippen LogP contribution in [-0.4, -0.2) is 47.0 Å². The van der Waals surface area contributed by atoms with E-state index in [2.05, 4.69) is 20.8 Å². The van der Waals surface area contributed by atoms with Crippen molar-refractivity contribution in [3.05, 3.63) is 11.7 Å². The lowest BCUT2D eigenvalue weighted by Crippen LogP contribution is -2.45. The quantitative estimate of drug-likeness (QED) is 0.576. The molecule has 9 heteroatoms. The van der Waals surface area contributed by atoms with E-state index in [1.165, 1.54) is 7.11 Å². The molecule has 2 amide bonds. The highest BCUT2D eigenvalue weighted by molar-refractivity contribution is 5.82. The van der Waals surface area contributed by atoms with Gasteiger partial charge in [0, 0.05) is 20.6 Å². The van der Waals surface area contributed by atoms with Crippen LogP contribution in [0.2, 0.25) is 0 Å². The molecular formula is C11H18N4O5. The van der Waals surface area contributed by atoms with Gasteiger partial charge in [-0.2, -0.15) is 4.98 Å². The molecule has 0 bridgehead atoms. The lowest BCUT2D eigenvalue weighted by atomic mass is 10.1. The van der Waals surface area contributed by atoms with Gasteiger partial charge in [-0.25, -0.2) is 9.59 Å². The first kappa shape index (κ1) is 15.9. The number of hydrogen-bond acceptors (Lipinski definition) is 6. The number of urea groups is 1. The van der Waals surface area contributed by atoms with Crippen molar-refractivity contribution in [3.63, 3.8) is 0 Å². The molecule has 0 fully saturated rings. The van der Waals surface area contributed by atoms with Gasteiger partial charge in [0.25, 0.3) is 0 Å². The van der Waals surface area contributed by atoms with Crippen molar-refractivity contribution >= 4 is 12.0 Å². The molecule has 0 aliphatic rings. The number of rotatable bonds is 8. The van der Waals surface area contributed by atoms with Crippen LogP contribution in [0, 0.1) is 6.92 Å². The lowest BCUT2D eigenvalue weighted by molar-refractivity contribution is -0.139. The smallest absolute Gasteiger partial charge is 0.326 e. The van der Waals surface area contributed by atoms with E-state index in [1.54, 1.807) is 6.92 Å². The van der Waals surface area contributed by atoms with Crippen molar-refractivity contribution in [3.8, 4) is 0 Å². The van der Waals surface area contributed by atoms with Crippen LogP contribution < -0.4 is 10.6 Å². The molecule has 1 heterocycles. The SMILES string of the molecule is COCCCC(NC(=O)NCc1noc(C)n1)C(=O)O. The summed E-state index contributed by atoms with van der Waals surface area (Å²) in [6.07, 6.45) is 0.829. The standard InChI is InChI=1S/C11H18N4O5/c1-7-13-9(15-20-7)6-12-11(18)14-8(10(16)17)4-3-5-19-2/h8H,3-6H2,1-2H3,(H,16,17)(H2,12,14,18). The summed E-state index contributed by atoms with van der Waals surface area (Å²) in [7, 11) is 1.53. The largest absolute Gasteiger partial charge is 0.480 e. The molecule has 0 aliphatic heterocycles. The number of carboxylic acid groups (broad SMARTS) is 1. The summed E-state index contributed by atoms with van der Waals surface area (Å²) in [5.74, 6) is -0.374. The number of nitrogens with zero attached hydrogens (tertiary/aromatic N) is 2. The number of carbonyl (C=O) groups excluding carboxylic acids is 1. The van der Waals surface area contributed by atoms with E-state index in [0.717, 1.165) is 0 Å². The zero-order valence-corrected chi connectivity index (χ0v) is 11.4. The number of methoxy groups -OCH3 is 1. The third kappa shape index (κ3) is 5.65. The Morgan fingerprint density at radius 1 is 1.50 bits per heavy atom. The van der Waals surface area contributed by atoms with Crippen LogP contribution in [0.15, 0.2) is 4.52 Å². The highest BCUT2D eigenvalue weighted by atomic mass is 16.5. The Labute approximate surface area is 115 Å². The van der Waals surface area contributed by atoms with Crippen LogP contribution in [0.25, 0.3) is 0 Å². The molecule has 1 rings (SSSR count). The number of carboxylic acids is 1. The van der Waals surface area contributed by atoms with Gasteiger partial charge in [-0.3, -0.25) is 0 Å². The lowest BCUT2D eigenvalue weighted by Gasteiger charge is -2.14. The summed E-state index contributed by atoms with van der Waals surface area (Å²) in [6.45, 7) is 2.13. The fourth-order valence-electron chi connectivity index (χ4n) is 1.47. The summed E-state index contributed by atoms with van der Waals surface area (Å²) in [5, 5.41) is 17.4. The van der Waals surface area contributed by atoms with Gasteiger partial charge in [-0.05, 0) is 12.8 Å². The molecule has 1 aromatic rings. The third-order valence-electron chi connectivity index (χ3n) is 2.42. The van der Waals surface area contributed by atoms with Crippen LogP contribution in [0.5, 0.6) is 0 Å². The number of carbonyl (C=O) groups is 2. The molecule has 0 radical (unpaired) electrons. The minimum Gasteiger partial charge on any atom is -0.480 e. The Morgan fingerprint density at radius 3 is 2.80 bits per heavy atom. The zero-order chi connectivity index (χ0) is 15.0. The van der Waals surface area contributed by atoms with Crippen LogP contribution in [0.4, 0.5) is 4.79 Å². The Morgan fingerprint density at radius 2 is 2.25 bits per heavy atom. The number of aliphatic carboxylic acids is 1. The van der Waals surface area contributed by atoms with Gasteiger partial charge in [-0.15, -0.1) is 0 Å². The number of amides is 2. The van der Waals surface area contributed by atoms with Gasteiger partial charge in [0.1, 0.15) is 6.04 Å². The Bertz CT molecular complexity index is 448. The average Bonchev–Trinajstić information content (AvgIpc) is 2.81. The number of aromatic nitrogens is 2. The molecule has 112 valence electrons. The molecule has 0 spiro atoms. The zero-order valence-electron chi connectivity index (χ0n) is 11.4. The molecule has 3 N–H and O–H groups in total. The normalized spacial score (nSPS) is 11.9. The van der Waals surface area contributed by atoms with Crippen molar-refractivity contribution in [2.45, 2.75) is 32.4 Å². The van der Waals surface area contributed by atoms with Gasteiger partial charge in [0.05, 0.1) is 6.54 Å². The predicted molar refractivity (Wildman–Crippen MR) is 66.9 cm³/mol. The van der Waals surface area contributed by atoms with E-state index in [1.807, 2.05) is 0 Å². The molecule has 1 atom stereocenters. The summed E-state index contributed by atoms with van der Waals surface area (Å²) in [6, 6.07) is -1.56.